The van der Waals surface area contributed by atoms with Gasteiger partial charge in [-0.1, -0.05) is 0 Å². The number of hydrogen-bond acceptors (Lipinski definition) is 3. The van der Waals surface area contributed by atoms with Crippen LogP contribution in [0.5, 0.6) is 0 Å². The van der Waals surface area contributed by atoms with Crippen LogP contribution in [-0.2, 0) is 13.6 Å². The normalized spacial score (nSPS) is 27.4. The van der Waals surface area contributed by atoms with Crippen LogP contribution >= 0.6 is 0 Å². The minimum atomic E-state index is -0.737. The number of aryl methyl sites for hydroxylation is 1. The molecule has 1 fully saturated rings. The highest BCUT2D eigenvalue weighted by atomic mass is 19.1. The van der Waals surface area contributed by atoms with Gasteiger partial charge in [0.25, 0.3) is 0 Å². The molecule has 0 unspecified atom stereocenters. The fourth-order valence-corrected chi connectivity index (χ4v) is 2.09. The minimum absolute atomic E-state index is 0.164. The number of halogens is 1. The highest BCUT2D eigenvalue weighted by Gasteiger charge is 2.31. The molecule has 1 aromatic heterocycles. The SMILES string of the molecule is Cn1ccnc1CN1C[C@H](F)C[C@H]1CN. The molecule has 4 nitrogen and oxygen atoms in total. The summed E-state index contributed by atoms with van der Waals surface area (Å²) in [6, 6.07) is 0.164. The number of alkyl halides is 1. The molecule has 0 aliphatic carbocycles. The summed E-state index contributed by atoms with van der Waals surface area (Å²) in [5.41, 5.74) is 5.62. The van der Waals surface area contributed by atoms with Crippen molar-refractivity contribution in [2.45, 2.75) is 25.2 Å². The topological polar surface area (TPSA) is 47.1 Å². The lowest BCUT2D eigenvalue weighted by Gasteiger charge is -2.21. The van der Waals surface area contributed by atoms with Crippen LogP contribution in [0.2, 0.25) is 0 Å². The van der Waals surface area contributed by atoms with Gasteiger partial charge in [0.15, 0.2) is 0 Å². The summed E-state index contributed by atoms with van der Waals surface area (Å²) in [5, 5.41) is 0. The molecule has 1 aliphatic heterocycles. The number of imidazole rings is 1. The summed E-state index contributed by atoms with van der Waals surface area (Å²) in [7, 11) is 1.95. The van der Waals surface area contributed by atoms with Crippen LogP contribution < -0.4 is 5.73 Å². The Morgan fingerprint density at radius 2 is 2.47 bits per heavy atom. The monoisotopic (exact) mass is 212 g/mol. The average molecular weight is 212 g/mol. The van der Waals surface area contributed by atoms with Crippen molar-refractivity contribution in [3.05, 3.63) is 18.2 Å². The quantitative estimate of drug-likeness (QED) is 0.783. The molecule has 1 aromatic rings. The molecule has 2 atom stereocenters. The highest BCUT2D eigenvalue weighted by molar-refractivity contribution is 4.95. The predicted molar refractivity (Wildman–Crippen MR) is 56.0 cm³/mol. The number of likely N-dealkylation sites (tertiary alicyclic amines) is 1. The second kappa shape index (κ2) is 4.28. The van der Waals surface area contributed by atoms with E-state index in [2.05, 4.69) is 9.88 Å². The molecule has 0 aromatic carbocycles. The van der Waals surface area contributed by atoms with Crippen molar-refractivity contribution in [1.82, 2.24) is 14.5 Å². The summed E-state index contributed by atoms with van der Waals surface area (Å²) < 4.78 is 15.2. The molecule has 1 saturated heterocycles. The molecule has 2 rings (SSSR count). The lowest BCUT2D eigenvalue weighted by Crippen LogP contribution is -2.35. The average Bonchev–Trinajstić information content (AvgIpc) is 2.75. The van der Waals surface area contributed by atoms with Crippen molar-refractivity contribution in [3.63, 3.8) is 0 Å². The van der Waals surface area contributed by atoms with E-state index >= 15 is 0 Å². The first-order chi connectivity index (χ1) is 7.20. The van der Waals surface area contributed by atoms with E-state index in [1.807, 2.05) is 17.8 Å². The van der Waals surface area contributed by atoms with E-state index in [1.54, 1.807) is 6.20 Å². The van der Waals surface area contributed by atoms with Crippen LogP contribution in [0.15, 0.2) is 12.4 Å². The zero-order chi connectivity index (χ0) is 10.8. The van der Waals surface area contributed by atoms with Gasteiger partial charge in [-0.2, -0.15) is 0 Å². The van der Waals surface area contributed by atoms with Gasteiger partial charge in [0, 0.05) is 38.6 Å². The molecule has 2 heterocycles. The molecule has 5 heteroatoms. The molecule has 0 bridgehead atoms. The molecular formula is C10H17FN4. The number of hydrogen-bond donors (Lipinski definition) is 1. The lowest BCUT2D eigenvalue weighted by atomic mass is 10.2. The van der Waals surface area contributed by atoms with Crippen LogP contribution in [0.3, 0.4) is 0 Å². The minimum Gasteiger partial charge on any atom is -0.337 e. The van der Waals surface area contributed by atoms with Gasteiger partial charge in [-0.05, 0) is 6.42 Å². The Kier molecular flexibility index (Phi) is 3.02. The Labute approximate surface area is 88.9 Å². The summed E-state index contributed by atoms with van der Waals surface area (Å²) in [5.74, 6) is 0.961. The van der Waals surface area contributed by atoms with Gasteiger partial charge >= 0.3 is 0 Å². The van der Waals surface area contributed by atoms with E-state index in [0.717, 1.165) is 5.82 Å². The first-order valence-electron chi connectivity index (χ1n) is 5.25. The van der Waals surface area contributed by atoms with Gasteiger partial charge in [-0.3, -0.25) is 4.90 Å². The lowest BCUT2D eigenvalue weighted by molar-refractivity contribution is 0.231. The summed E-state index contributed by atoms with van der Waals surface area (Å²) in [6.45, 7) is 1.69. The molecule has 0 amide bonds. The Hall–Kier alpha value is -0.940. The van der Waals surface area contributed by atoms with E-state index in [4.69, 9.17) is 5.73 Å². The summed E-state index contributed by atoms with van der Waals surface area (Å²) in [6.07, 6.45) is 3.48. The van der Waals surface area contributed by atoms with Crippen molar-refractivity contribution in [1.29, 1.82) is 0 Å². The predicted octanol–water partition coefficient (Wildman–Crippen LogP) is 0.291. The van der Waals surface area contributed by atoms with Crippen LogP contribution in [-0.4, -0.2) is 39.8 Å². The van der Waals surface area contributed by atoms with Crippen LogP contribution in [0, 0.1) is 0 Å². The third-order valence-corrected chi connectivity index (χ3v) is 3.01. The van der Waals surface area contributed by atoms with E-state index in [-0.39, 0.29) is 6.04 Å². The van der Waals surface area contributed by atoms with Gasteiger partial charge in [-0.25, -0.2) is 9.37 Å². The van der Waals surface area contributed by atoms with Gasteiger partial charge in [0.1, 0.15) is 12.0 Å². The molecule has 15 heavy (non-hydrogen) atoms. The van der Waals surface area contributed by atoms with E-state index in [0.29, 0.717) is 26.1 Å². The molecule has 0 spiro atoms. The van der Waals surface area contributed by atoms with Crippen LogP contribution in [0.4, 0.5) is 4.39 Å². The Morgan fingerprint density at radius 1 is 1.67 bits per heavy atom. The smallest absolute Gasteiger partial charge is 0.122 e. The Morgan fingerprint density at radius 3 is 3.07 bits per heavy atom. The first kappa shape index (κ1) is 10.6. The maximum absolute atomic E-state index is 13.2. The van der Waals surface area contributed by atoms with Crippen molar-refractivity contribution in [3.8, 4) is 0 Å². The summed E-state index contributed by atoms with van der Waals surface area (Å²) >= 11 is 0. The Bertz CT molecular complexity index is 325. The third kappa shape index (κ3) is 2.18. The van der Waals surface area contributed by atoms with Crippen molar-refractivity contribution in [2.24, 2.45) is 12.8 Å². The molecule has 84 valence electrons. The third-order valence-electron chi connectivity index (χ3n) is 3.01. The standard InChI is InChI=1S/C10H17FN4/c1-14-3-2-13-10(14)7-15-6-8(11)4-9(15)5-12/h2-3,8-9H,4-7,12H2,1H3/t8-,9+/m1/s1. The van der Waals surface area contributed by atoms with Gasteiger partial charge in [0.05, 0.1) is 6.54 Å². The molecule has 0 saturated carbocycles. The molecular weight excluding hydrogens is 195 g/mol. The largest absolute Gasteiger partial charge is 0.337 e. The maximum atomic E-state index is 13.2. The van der Waals surface area contributed by atoms with Gasteiger partial charge < -0.3 is 10.3 Å². The number of aromatic nitrogens is 2. The molecule has 1 aliphatic rings. The zero-order valence-corrected chi connectivity index (χ0v) is 8.93. The second-order valence-electron chi connectivity index (χ2n) is 4.11. The van der Waals surface area contributed by atoms with E-state index in [9.17, 15) is 4.39 Å². The number of nitrogens with zero attached hydrogens (tertiary/aromatic N) is 3. The van der Waals surface area contributed by atoms with Crippen molar-refractivity contribution < 1.29 is 4.39 Å². The first-order valence-corrected chi connectivity index (χ1v) is 5.25. The van der Waals surface area contributed by atoms with Gasteiger partial charge in [0.2, 0.25) is 0 Å². The number of rotatable bonds is 3. The number of nitrogens with two attached hydrogens (primary N) is 1. The fourth-order valence-electron chi connectivity index (χ4n) is 2.09. The fraction of sp³-hybridized carbons (Fsp3) is 0.700. The maximum Gasteiger partial charge on any atom is 0.122 e. The van der Waals surface area contributed by atoms with Crippen LogP contribution in [0.1, 0.15) is 12.2 Å². The van der Waals surface area contributed by atoms with Gasteiger partial charge in [-0.15, -0.1) is 0 Å². The molecule has 2 N–H and O–H groups in total. The van der Waals surface area contributed by atoms with Crippen molar-refractivity contribution >= 4 is 0 Å². The zero-order valence-electron chi connectivity index (χ0n) is 8.93. The highest BCUT2D eigenvalue weighted by Crippen LogP contribution is 2.21. The Balaban J connectivity index is 2.02. The summed E-state index contributed by atoms with van der Waals surface area (Å²) in [4.78, 5) is 6.31. The van der Waals surface area contributed by atoms with E-state index in [1.165, 1.54) is 0 Å². The van der Waals surface area contributed by atoms with E-state index < -0.39 is 6.17 Å². The second-order valence-corrected chi connectivity index (χ2v) is 4.11. The van der Waals surface area contributed by atoms with Crippen LogP contribution in [0.25, 0.3) is 0 Å². The molecule has 0 radical (unpaired) electrons. The van der Waals surface area contributed by atoms with Crippen molar-refractivity contribution in [2.75, 3.05) is 13.1 Å².